The summed E-state index contributed by atoms with van der Waals surface area (Å²) >= 11 is 0. The van der Waals surface area contributed by atoms with Gasteiger partial charge in [-0.1, -0.05) is 32.6 Å². The lowest BCUT2D eigenvalue weighted by Gasteiger charge is -2.21. The van der Waals surface area contributed by atoms with E-state index in [1.807, 2.05) is 0 Å². The molecule has 2 heteroatoms. The van der Waals surface area contributed by atoms with E-state index in [0.717, 1.165) is 19.5 Å². The van der Waals surface area contributed by atoms with Crippen LogP contribution in [0.15, 0.2) is 0 Å². The molecule has 0 aromatic rings. The van der Waals surface area contributed by atoms with Gasteiger partial charge in [-0.3, -0.25) is 4.90 Å². The second-order valence-corrected chi connectivity index (χ2v) is 4.43. The van der Waals surface area contributed by atoms with Gasteiger partial charge in [0.2, 0.25) is 0 Å². The second kappa shape index (κ2) is 7.24. The number of aliphatic hydroxyl groups is 1. The summed E-state index contributed by atoms with van der Waals surface area (Å²) in [4.78, 5) is 2.22. The maximum Gasteiger partial charge on any atom is 0.107 e. The Morgan fingerprint density at radius 1 is 1.07 bits per heavy atom. The molecule has 1 atom stereocenters. The maximum atomic E-state index is 9.83. The predicted molar refractivity (Wildman–Crippen MR) is 60.2 cm³/mol. The summed E-state index contributed by atoms with van der Waals surface area (Å²) in [7, 11) is 0. The molecule has 1 heterocycles. The van der Waals surface area contributed by atoms with Crippen LogP contribution in [0.2, 0.25) is 0 Å². The summed E-state index contributed by atoms with van der Waals surface area (Å²) in [6.07, 6.45) is 9.83. The molecule has 2 nitrogen and oxygen atoms in total. The number of hydrogen-bond donors (Lipinski definition) is 1. The Balaban J connectivity index is 1.94. The van der Waals surface area contributed by atoms with Crippen LogP contribution in [0.1, 0.15) is 58.3 Å². The van der Waals surface area contributed by atoms with E-state index in [2.05, 4.69) is 11.8 Å². The van der Waals surface area contributed by atoms with Crippen molar-refractivity contribution in [2.75, 3.05) is 13.1 Å². The van der Waals surface area contributed by atoms with Gasteiger partial charge in [0.1, 0.15) is 6.23 Å². The zero-order valence-corrected chi connectivity index (χ0v) is 9.54. The molecule has 0 amide bonds. The molecule has 1 fully saturated rings. The number of likely N-dealkylation sites (tertiary alicyclic amines) is 1. The molecular weight excluding hydrogens is 174 g/mol. The Morgan fingerprint density at radius 2 is 1.71 bits per heavy atom. The Bertz CT molecular complexity index is 132. The van der Waals surface area contributed by atoms with Crippen LogP contribution in [0.4, 0.5) is 0 Å². The van der Waals surface area contributed by atoms with E-state index in [0.29, 0.717) is 0 Å². The summed E-state index contributed by atoms with van der Waals surface area (Å²) in [6.45, 7) is 4.45. The lowest BCUT2D eigenvalue weighted by molar-refractivity contribution is 0.0121. The molecule has 1 saturated heterocycles. The van der Waals surface area contributed by atoms with Gasteiger partial charge >= 0.3 is 0 Å². The molecule has 1 aliphatic rings. The van der Waals surface area contributed by atoms with Gasteiger partial charge in [-0.25, -0.2) is 0 Å². The van der Waals surface area contributed by atoms with Gasteiger partial charge in [-0.2, -0.15) is 0 Å². The Kier molecular flexibility index (Phi) is 6.20. The molecule has 0 aromatic carbocycles. The van der Waals surface area contributed by atoms with E-state index in [1.165, 1.54) is 44.9 Å². The van der Waals surface area contributed by atoms with Crippen LogP contribution in [0.5, 0.6) is 0 Å². The summed E-state index contributed by atoms with van der Waals surface area (Å²) in [6, 6.07) is 0. The van der Waals surface area contributed by atoms with Gasteiger partial charge in [-0.15, -0.1) is 0 Å². The highest BCUT2D eigenvalue weighted by Crippen LogP contribution is 2.15. The first-order valence-corrected chi connectivity index (χ1v) is 6.26. The third-order valence-electron chi connectivity index (χ3n) is 3.13. The normalized spacial score (nSPS) is 20.1. The third-order valence-corrected chi connectivity index (χ3v) is 3.13. The van der Waals surface area contributed by atoms with Gasteiger partial charge in [0, 0.05) is 13.1 Å². The molecule has 14 heavy (non-hydrogen) atoms. The van der Waals surface area contributed by atoms with Gasteiger partial charge in [0.25, 0.3) is 0 Å². The molecule has 0 aromatic heterocycles. The van der Waals surface area contributed by atoms with E-state index in [-0.39, 0.29) is 6.23 Å². The van der Waals surface area contributed by atoms with Crippen molar-refractivity contribution in [1.82, 2.24) is 4.90 Å². The van der Waals surface area contributed by atoms with Gasteiger partial charge < -0.3 is 5.11 Å². The van der Waals surface area contributed by atoms with Crippen molar-refractivity contribution in [2.45, 2.75) is 64.5 Å². The fourth-order valence-electron chi connectivity index (χ4n) is 2.15. The van der Waals surface area contributed by atoms with Crippen molar-refractivity contribution < 1.29 is 5.11 Å². The molecule has 0 radical (unpaired) electrons. The highest BCUT2D eigenvalue weighted by molar-refractivity contribution is 4.68. The zero-order chi connectivity index (χ0) is 10.2. The molecule has 0 bridgehead atoms. The first-order chi connectivity index (χ1) is 6.84. The smallest absolute Gasteiger partial charge is 0.107 e. The Morgan fingerprint density at radius 3 is 2.36 bits per heavy atom. The largest absolute Gasteiger partial charge is 0.378 e. The molecule has 84 valence electrons. The van der Waals surface area contributed by atoms with Crippen molar-refractivity contribution in [1.29, 1.82) is 0 Å². The van der Waals surface area contributed by atoms with Crippen molar-refractivity contribution in [2.24, 2.45) is 0 Å². The highest BCUT2D eigenvalue weighted by Gasteiger charge is 2.18. The lowest BCUT2D eigenvalue weighted by atomic mass is 10.1. The summed E-state index contributed by atoms with van der Waals surface area (Å²) in [5.74, 6) is 0. The maximum absolute atomic E-state index is 9.83. The van der Waals surface area contributed by atoms with Crippen LogP contribution < -0.4 is 0 Å². The van der Waals surface area contributed by atoms with E-state index >= 15 is 0 Å². The van der Waals surface area contributed by atoms with Gasteiger partial charge in [0.05, 0.1) is 0 Å². The van der Waals surface area contributed by atoms with Crippen molar-refractivity contribution in [3.05, 3.63) is 0 Å². The predicted octanol–water partition coefficient (Wildman–Crippen LogP) is 2.76. The minimum Gasteiger partial charge on any atom is -0.378 e. The average Bonchev–Trinajstić information content (AvgIpc) is 2.70. The topological polar surface area (TPSA) is 23.5 Å². The molecule has 0 spiro atoms. The SMILES string of the molecule is CCCCCCCC(O)N1CCCC1. The van der Waals surface area contributed by atoms with Crippen LogP contribution >= 0.6 is 0 Å². The fourth-order valence-corrected chi connectivity index (χ4v) is 2.15. The molecule has 1 N–H and O–H groups in total. The number of rotatable bonds is 7. The van der Waals surface area contributed by atoms with Crippen molar-refractivity contribution in [3.63, 3.8) is 0 Å². The van der Waals surface area contributed by atoms with E-state index in [1.54, 1.807) is 0 Å². The van der Waals surface area contributed by atoms with Crippen LogP contribution in [0.25, 0.3) is 0 Å². The van der Waals surface area contributed by atoms with Crippen LogP contribution in [-0.2, 0) is 0 Å². The molecule has 1 rings (SSSR count). The molecule has 0 aliphatic carbocycles. The highest BCUT2D eigenvalue weighted by atomic mass is 16.3. The van der Waals surface area contributed by atoms with E-state index in [9.17, 15) is 5.11 Å². The molecule has 1 aliphatic heterocycles. The van der Waals surface area contributed by atoms with Gasteiger partial charge in [0.15, 0.2) is 0 Å². The molecule has 0 saturated carbocycles. The molecule has 1 unspecified atom stereocenters. The monoisotopic (exact) mass is 199 g/mol. The number of aliphatic hydroxyl groups excluding tert-OH is 1. The van der Waals surface area contributed by atoms with Crippen molar-refractivity contribution in [3.8, 4) is 0 Å². The van der Waals surface area contributed by atoms with Crippen LogP contribution in [-0.4, -0.2) is 29.3 Å². The molecular formula is C12H25NO. The van der Waals surface area contributed by atoms with E-state index < -0.39 is 0 Å². The van der Waals surface area contributed by atoms with Gasteiger partial charge in [-0.05, 0) is 25.7 Å². The summed E-state index contributed by atoms with van der Waals surface area (Å²) < 4.78 is 0. The fraction of sp³-hybridized carbons (Fsp3) is 1.00. The number of unbranched alkanes of at least 4 members (excludes halogenated alkanes) is 4. The first-order valence-electron chi connectivity index (χ1n) is 6.26. The van der Waals surface area contributed by atoms with Crippen molar-refractivity contribution >= 4 is 0 Å². The second-order valence-electron chi connectivity index (χ2n) is 4.43. The summed E-state index contributed by atoms with van der Waals surface area (Å²) in [5.41, 5.74) is 0. The van der Waals surface area contributed by atoms with Crippen LogP contribution in [0, 0.1) is 0 Å². The van der Waals surface area contributed by atoms with E-state index in [4.69, 9.17) is 0 Å². The summed E-state index contributed by atoms with van der Waals surface area (Å²) in [5, 5.41) is 9.83. The standard InChI is InChI=1S/C12H25NO/c1-2-3-4-5-6-9-12(14)13-10-7-8-11-13/h12,14H,2-11H2,1H3. The quantitative estimate of drug-likeness (QED) is 0.637. The first kappa shape index (κ1) is 12.0. The minimum atomic E-state index is -0.154. The Hall–Kier alpha value is -0.0800. The minimum absolute atomic E-state index is 0.154. The zero-order valence-electron chi connectivity index (χ0n) is 9.54. The average molecular weight is 199 g/mol. The third kappa shape index (κ3) is 4.43. The lowest BCUT2D eigenvalue weighted by Crippen LogP contribution is -2.32. The van der Waals surface area contributed by atoms with Crippen LogP contribution in [0.3, 0.4) is 0 Å². The Labute approximate surface area is 88.3 Å². The number of nitrogens with zero attached hydrogens (tertiary/aromatic N) is 1. The number of hydrogen-bond acceptors (Lipinski definition) is 2.